The van der Waals surface area contributed by atoms with E-state index in [0.717, 1.165) is 11.5 Å². The summed E-state index contributed by atoms with van der Waals surface area (Å²) in [6, 6.07) is 2.05. The molecule has 0 unspecified atom stereocenters. The molecule has 1 aliphatic rings. The van der Waals surface area contributed by atoms with E-state index < -0.39 is 0 Å². The van der Waals surface area contributed by atoms with Crippen molar-refractivity contribution in [3.8, 4) is 6.07 Å². The fourth-order valence-corrected chi connectivity index (χ4v) is 2.88. The maximum Gasteiger partial charge on any atom is 0.162 e. The first-order chi connectivity index (χ1) is 7.63. The Hall–Kier alpha value is -0.470. The Kier molecular flexibility index (Phi) is 3.60. The lowest BCUT2D eigenvalue weighted by Gasteiger charge is -2.27. The van der Waals surface area contributed by atoms with Crippen LogP contribution < -0.4 is 4.90 Å². The minimum absolute atomic E-state index is 0.249. The second-order valence-corrected chi connectivity index (χ2v) is 5.27. The van der Waals surface area contributed by atoms with Gasteiger partial charge < -0.3 is 4.90 Å². The average molecular weight is 295 g/mol. The minimum atomic E-state index is 0.249. The van der Waals surface area contributed by atoms with Crippen molar-refractivity contribution in [3.63, 3.8) is 0 Å². The standard InChI is InChI=1S/C9H6Cl3N3S/c10-6-1-2-15(4-7(6)11)9-5(3-13)8(12)14-16-9/h1-2,4H2. The Morgan fingerprint density at radius 3 is 2.69 bits per heavy atom. The molecule has 0 spiro atoms. The number of rotatable bonds is 1. The fraction of sp³-hybridized carbons (Fsp3) is 0.333. The lowest BCUT2D eigenvalue weighted by molar-refractivity contribution is 0.809. The van der Waals surface area contributed by atoms with Gasteiger partial charge in [-0.25, -0.2) is 0 Å². The van der Waals surface area contributed by atoms with E-state index in [2.05, 4.69) is 4.37 Å². The van der Waals surface area contributed by atoms with Crippen LogP contribution >= 0.6 is 46.3 Å². The SMILES string of the molecule is N#Cc1c(Cl)nsc1N1CCC(Cl)=C(Cl)C1. The molecule has 0 aromatic carbocycles. The van der Waals surface area contributed by atoms with Gasteiger partial charge in [0.2, 0.25) is 0 Å². The van der Waals surface area contributed by atoms with Gasteiger partial charge in [-0.1, -0.05) is 34.8 Å². The molecule has 2 rings (SSSR count). The minimum Gasteiger partial charge on any atom is -0.355 e. The second kappa shape index (κ2) is 4.80. The quantitative estimate of drug-likeness (QED) is 0.795. The Morgan fingerprint density at radius 2 is 2.06 bits per heavy atom. The van der Waals surface area contributed by atoms with Crippen LogP contribution in [0.3, 0.4) is 0 Å². The second-order valence-electron chi connectivity index (χ2n) is 3.25. The first kappa shape index (κ1) is 12.0. The average Bonchev–Trinajstić information content (AvgIpc) is 2.63. The molecule has 3 nitrogen and oxygen atoms in total. The van der Waals surface area contributed by atoms with Gasteiger partial charge in [0, 0.05) is 18.0 Å². The summed E-state index contributed by atoms with van der Waals surface area (Å²) in [6.07, 6.45) is 0.681. The van der Waals surface area contributed by atoms with E-state index in [0.29, 0.717) is 28.6 Å². The molecule has 0 radical (unpaired) electrons. The van der Waals surface area contributed by atoms with E-state index in [4.69, 9.17) is 40.1 Å². The number of halogens is 3. The van der Waals surface area contributed by atoms with Crippen LogP contribution in [0.15, 0.2) is 10.1 Å². The normalized spacial score (nSPS) is 16.5. The highest BCUT2D eigenvalue weighted by Gasteiger charge is 2.22. The van der Waals surface area contributed by atoms with Gasteiger partial charge in [0.1, 0.15) is 16.6 Å². The van der Waals surface area contributed by atoms with Gasteiger partial charge in [-0.3, -0.25) is 0 Å². The fourth-order valence-electron chi connectivity index (χ4n) is 1.45. The van der Waals surface area contributed by atoms with E-state index in [1.54, 1.807) is 0 Å². The molecule has 0 atom stereocenters. The van der Waals surface area contributed by atoms with Crippen molar-refractivity contribution in [2.45, 2.75) is 6.42 Å². The summed E-state index contributed by atoms with van der Waals surface area (Å²) in [7, 11) is 0. The van der Waals surface area contributed by atoms with Gasteiger partial charge in [-0.15, -0.1) is 0 Å². The van der Waals surface area contributed by atoms with Gasteiger partial charge in [0.05, 0.1) is 11.6 Å². The molecule has 0 fully saturated rings. The van der Waals surface area contributed by atoms with Crippen LogP contribution in [0.25, 0.3) is 0 Å². The molecule has 0 saturated carbocycles. The molecule has 1 aliphatic heterocycles. The van der Waals surface area contributed by atoms with Crippen LogP contribution in [0.4, 0.5) is 5.00 Å². The van der Waals surface area contributed by atoms with E-state index in [1.807, 2.05) is 11.0 Å². The highest BCUT2D eigenvalue weighted by Crippen LogP contribution is 2.35. The third-order valence-electron chi connectivity index (χ3n) is 2.26. The first-order valence-electron chi connectivity index (χ1n) is 4.46. The smallest absolute Gasteiger partial charge is 0.162 e. The number of anilines is 1. The van der Waals surface area contributed by atoms with Gasteiger partial charge in [-0.2, -0.15) is 9.64 Å². The molecule has 0 bridgehead atoms. The maximum absolute atomic E-state index is 8.97. The molecule has 0 amide bonds. The van der Waals surface area contributed by atoms with E-state index in [9.17, 15) is 0 Å². The Morgan fingerprint density at radius 1 is 1.31 bits per heavy atom. The number of hydrogen-bond acceptors (Lipinski definition) is 4. The van der Waals surface area contributed by atoms with Crippen molar-refractivity contribution in [1.82, 2.24) is 4.37 Å². The van der Waals surface area contributed by atoms with Crippen LogP contribution in [0, 0.1) is 11.3 Å². The van der Waals surface area contributed by atoms with Gasteiger partial charge in [-0.05, 0) is 11.5 Å². The molecule has 0 N–H and O–H groups in total. The van der Waals surface area contributed by atoms with Crippen molar-refractivity contribution < 1.29 is 0 Å². The van der Waals surface area contributed by atoms with Crippen molar-refractivity contribution in [2.75, 3.05) is 18.0 Å². The largest absolute Gasteiger partial charge is 0.355 e. The van der Waals surface area contributed by atoms with Crippen molar-refractivity contribution in [3.05, 3.63) is 20.8 Å². The van der Waals surface area contributed by atoms with E-state index in [-0.39, 0.29) is 5.15 Å². The molecule has 0 aliphatic carbocycles. The lowest BCUT2D eigenvalue weighted by atomic mass is 10.2. The topological polar surface area (TPSA) is 39.9 Å². The lowest BCUT2D eigenvalue weighted by Crippen LogP contribution is -2.29. The molecular weight excluding hydrogens is 289 g/mol. The summed E-state index contributed by atoms with van der Waals surface area (Å²) in [5.41, 5.74) is 0.411. The van der Waals surface area contributed by atoms with Crippen LogP contribution in [0.2, 0.25) is 5.15 Å². The van der Waals surface area contributed by atoms with Crippen molar-refractivity contribution >= 4 is 51.3 Å². The predicted octanol–water partition coefficient (Wildman–Crippen LogP) is 3.57. The van der Waals surface area contributed by atoms with Crippen LogP contribution in [0.5, 0.6) is 0 Å². The summed E-state index contributed by atoms with van der Waals surface area (Å²) in [4.78, 5) is 1.97. The molecule has 16 heavy (non-hydrogen) atoms. The molecule has 1 aromatic heterocycles. The highest BCUT2D eigenvalue weighted by atomic mass is 35.5. The zero-order valence-electron chi connectivity index (χ0n) is 8.01. The Bertz CT molecular complexity index is 489. The maximum atomic E-state index is 8.97. The molecule has 0 saturated heterocycles. The van der Waals surface area contributed by atoms with E-state index >= 15 is 0 Å². The zero-order valence-corrected chi connectivity index (χ0v) is 11.1. The summed E-state index contributed by atoms with van der Waals surface area (Å²) in [5.74, 6) is 0. The van der Waals surface area contributed by atoms with Crippen LogP contribution in [-0.4, -0.2) is 17.5 Å². The van der Waals surface area contributed by atoms with Gasteiger partial charge >= 0.3 is 0 Å². The van der Waals surface area contributed by atoms with Crippen molar-refractivity contribution in [1.29, 1.82) is 5.26 Å². The molecule has 2 heterocycles. The van der Waals surface area contributed by atoms with Gasteiger partial charge in [0.15, 0.2) is 5.15 Å². The molecular formula is C9H6Cl3N3S. The summed E-state index contributed by atoms with van der Waals surface area (Å²) < 4.78 is 3.96. The predicted molar refractivity (Wildman–Crippen MR) is 67.4 cm³/mol. The summed E-state index contributed by atoms with van der Waals surface area (Å²) in [5, 5.41) is 11.3. The number of nitrogens with zero attached hydrogens (tertiary/aromatic N) is 3. The van der Waals surface area contributed by atoms with Crippen LogP contribution in [-0.2, 0) is 0 Å². The van der Waals surface area contributed by atoms with Gasteiger partial charge in [0.25, 0.3) is 0 Å². The van der Waals surface area contributed by atoms with E-state index in [1.165, 1.54) is 11.5 Å². The number of hydrogen-bond donors (Lipinski definition) is 0. The Balaban J connectivity index is 2.31. The number of aromatic nitrogens is 1. The monoisotopic (exact) mass is 293 g/mol. The highest BCUT2D eigenvalue weighted by molar-refractivity contribution is 7.10. The first-order valence-corrected chi connectivity index (χ1v) is 6.37. The summed E-state index contributed by atoms with van der Waals surface area (Å²) in [6.45, 7) is 1.23. The molecule has 84 valence electrons. The zero-order chi connectivity index (χ0) is 11.7. The Labute approximate surface area is 112 Å². The third kappa shape index (κ3) is 2.14. The number of nitriles is 1. The summed E-state index contributed by atoms with van der Waals surface area (Å²) >= 11 is 18.9. The van der Waals surface area contributed by atoms with Crippen LogP contribution in [0.1, 0.15) is 12.0 Å². The van der Waals surface area contributed by atoms with Crippen molar-refractivity contribution in [2.24, 2.45) is 0 Å². The molecule has 7 heteroatoms. The molecule has 1 aromatic rings. The third-order valence-corrected chi connectivity index (χ3v) is 4.40.